The Morgan fingerprint density at radius 3 is 2.43 bits per heavy atom. The molecule has 3 rings (SSSR count). The van der Waals surface area contributed by atoms with Crippen LogP contribution in [0, 0.1) is 0 Å². The highest BCUT2D eigenvalue weighted by atomic mass is 15.4. The van der Waals surface area contributed by atoms with Crippen molar-refractivity contribution in [3.05, 3.63) is 66.4 Å². The fourth-order valence-electron chi connectivity index (χ4n) is 2.33. The van der Waals surface area contributed by atoms with Gasteiger partial charge in [-0.05, 0) is 24.1 Å². The van der Waals surface area contributed by atoms with Gasteiger partial charge >= 0.3 is 0 Å². The Labute approximate surface area is 124 Å². The van der Waals surface area contributed by atoms with E-state index in [-0.39, 0.29) is 6.04 Å². The third-order valence-corrected chi connectivity index (χ3v) is 3.62. The van der Waals surface area contributed by atoms with Crippen molar-refractivity contribution < 1.29 is 0 Å². The molecule has 4 heteroatoms. The van der Waals surface area contributed by atoms with E-state index >= 15 is 0 Å². The first-order chi connectivity index (χ1) is 10.3. The Balaban J connectivity index is 1.97. The van der Waals surface area contributed by atoms with Crippen molar-refractivity contribution in [1.29, 1.82) is 0 Å². The zero-order valence-electron chi connectivity index (χ0n) is 12.0. The molecule has 0 saturated carbocycles. The first kappa shape index (κ1) is 13.5. The highest BCUT2D eigenvalue weighted by Crippen LogP contribution is 2.23. The van der Waals surface area contributed by atoms with E-state index in [2.05, 4.69) is 41.5 Å². The summed E-state index contributed by atoms with van der Waals surface area (Å²) >= 11 is 0. The minimum Gasteiger partial charge on any atom is -0.324 e. The SMILES string of the molecule is CCC(N)c1ccc(-c2cnnn2-c2ccccc2)cc1. The van der Waals surface area contributed by atoms with Gasteiger partial charge in [-0.3, -0.25) is 0 Å². The van der Waals surface area contributed by atoms with E-state index in [1.54, 1.807) is 6.20 Å². The molecule has 0 aliphatic heterocycles. The van der Waals surface area contributed by atoms with Gasteiger partial charge in [0.25, 0.3) is 0 Å². The molecule has 2 aromatic carbocycles. The number of aromatic nitrogens is 3. The van der Waals surface area contributed by atoms with Gasteiger partial charge in [-0.25, -0.2) is 4.68 Å². The number of nitrogens with zero attached hydrogens (tertiary/aromatic N) is 3. The van der Waals surface area contributed by atoms with Gasteiger partial charge in [-0.1, -0.05) is 54.6 Å². The molecular weight excluding hydrogens is 260 g/mol. The zero-order chi connectivity index (χ0) is 14.7. The van der Waals surface area contributed by atoms with E-state index in [4.69, 9.17) is 5.73 Å². The van der Waals surface area contributed by atoms with Crippen LogP contribution >= 0.6 is 0 Å². The first-order valence-electron chi connectivity index (χ1n) is 7.11. The van der Waals surface area contributed by atoms with Gasteiger partial charge in [0, 0.05) is 11.6 Å². The summed E-state index contributed by atoms with van der Waals surface area (Å²) in [6.45, 7) is 2.09. The molecule has 0 aliphatic rings. The molecule has 0 aliphatic carbocycles. The first-order valence-corrected chi connectivity index (χ1v) is 7.11. The fraction of sp³-hybridized carbons (Fsp3) is 0.176. The van der Waals surface area contributed by atoms with Gasteiger partial charge in [-0.15, -0.1) is 5.10 Å². The van der Waals surface area contributed by atoms with E-state index < -0.39 is 0 Å². The van der Waals surface area contributed by atoms with E-state index in [0.717, 1.165) is 28.9 Å². The van der Waals surface area contributed by atoms with E-state index in [0.29, 0.717) is 0 Å². The highest BCUT2D eigenvalue weighted by Gasteiger charge is 2.09. The molecule has 3 aromatic rings. The number of nitrogens with two attached hydrogens (primary N) is 1. The topological polar surface area (TPSA) is 56.7 Å². The summed E-state index contributed by atoms with van der Waals surface area (Å²) in [7, 11) is 0. The largest absolute Gasteiger partial charge is 0.324 e. The van der Waals surface area contributed by atoms with E-state index in [9.17, 15) is 0 Å². The summed E-state index contributed by atoms with van der Waals surface area (Å²) in [5.41, 5.74) is 10.3. The van der Waals surface area contributed by atoms with Gasteiger partial charge < -0.3 is 5.73 Å². The minimum atomic E-state index is 0.0937. The Morgan fingerprint density at radius 2 is 1.76 bits per heavy atom. The third kappa shape index (κ3) is 2.71. The number of hydrogen-bond acceptors (Lipinski definition) is 3. The summed E-state index contributed by atoms with van der Waals surface area (Å²) < 4.78 is 1.84. The average molecular weight is 278 g/mol. The Bertz CT molecular complexity index is 701. The highest BCUT2D eigenvalue weighted by molar-refractivity contribution is 5.61. The lowest BCUT2D eigenvalue weighted by Crippen LogP contribution is -2.08. The van der Waals surface area contributed by atoms with Crippen LogP contribution in [0.2, 0.25) is 0 Å². The summed E-state index contributed by atoms with van der Waals surface area (Å²) in [5, 5.41) is 8.22. The maximum atomic E-state index is 6.05. The third-order valence-electron chi connectivity index (χ3n) is 3.62. The van der Waals surface area contributed by atoms with Crippen molar-refractivity contribution in [2.24, 2.45) is 5.73 Å². The zero-order valence-corrected chi connectivity index (χ0v) is 12.0. The monoisotopic (exact) mass is 278 g/mol. The summed E-state index contributed by atoms with van der Waals surface area (Å²) in [6.07, 6.45) is 2.71. The minimum absolute atomic E-state index is 0.0937. The van der Waals surface area contributed by atoms with Crippen LogP contribution in [0.5, 0.6) is 0 Å². The maximum absolute atomic E-state index is 6.05. The smallest absolute Gasteiger partial charge is 0.0944 e. The van der Waals surface area contributed by atoms with Crippen molar-refractivity contribution >= 4 is 0 Å². The molecule has 0 amide bonds. The Kier molecular flexibility index (Phi) is 3.79. The van der Waals surface area contributed by atoms with Crippen molar-refractivity contribution in [3.8, 4) is 16.9 Å². The maximum Gasteiger partial charge on any atom is 0.0944 e. The second kappa shape index (κ2) is 5.89. The quantitative estimate of drug-likeness (QED) is 0.796. The van der Waals surface area contributed by atoms with Crippen LogP contribution in [0.15, 0.2) is 60.8 Å². The number of hydrogen-bond donors (Lipinski definition) is 1. The Morgan fingerprint density at radius 1 is 1.05 bits per heavy atom. The molecule has 106 valence electrons. The van der Waals surface area contributed by atoms with Crippen LogP contribution in [0.1, 0.15) is 24.9 Å². The van der Waals surface area contributed by atoms with Crippen molar-refractivity contribution in [2.45, 2.75) is 19.4 Å². The molecule has 1 atom stereocenters. The normalized spacial score (nSPS) is 12.3. The molecule has 1 heterocycles. The molecule has 2 N–H and O–H groups in total. The standard InChI is InChI=1S/C17H18N4/c1-2-16(18)13-8-10-14(11-9-13)17-12-19-20-21(17)15-6-4-3-5-7-15/h3-12,16H,2,18H2,1H3. The lowest BCUT2D eigenvalue weighted by molar-refractivity contribution is 0.699. The van der Waals surface area contributed by atoms with Crippen molar-refractivity contribution in [1.82, 2.24) is 15.0 Å². The molecule has 1 aromatic heterocycles. The number of rotatable bonds is 4. The van der Waals surface area contributed by atoms with Gasteiger partial charge in [0.05, 0.1) is 17.6 Å². The Hall–Kier alpha value is -2.46. The van der Waals surface area contributed by atoms with Crippen LogP contribution in [-0.4, -0.2) is 15.0 Å². The van der Waals surface area contributed by atoms with Gasteiger partial charge in [0.1, 0.15) is 0 Å². The summed E-state index contributed by atoms with van der Waals surface area (Å²) in [5.74, 6) is 0. The molecule has 0 fully saturated rings. The predicted molar refractivity (Wildman–Crippen MR) is 84.0 cm³/mol. The average Bonchev–Trinajstić information content (AvgIpc) is 3.04. The lowest BCUT2D eigenvalue weighted by Gasteiger charge is -2.10. The molecule has 0 bridgehead atoms. The van der Waals surface area contributed by atoms with Gasteiger partial charge in [0.2, 0.25) is 0 Å². The predicted octanol–water partition coefficient (Wildman–Crippen LogP) is 3.34. The molecule has 4 nitrogen and oxygen atoms in total. The second-order valence-corrected chi connectivity index (χ2v) is 5.00. The molecule has 21 heavy (non-hydrogen) atoms. The number of para-hydroxylation sites is 1. The summed E-state index contributed by atoms with van der Waals surface area (Å²) in [4.78, 5) is 0. The van der Waals surface area contributed by atoms with Crippen LogP contribution in [0.25, 0.3) is 16.9 Å². The van der Waals surface area contributed by atoms with Gasteiger partial charge in [-0.2, -0.15) is 0 Å². The van der Waals surface area contributed by atoms with E-state index in [1.165, 1.54) is 0 Å². The molecule has 1 unspecified atom stereocenters. The van der Waals surface area contributed by atoms with Crippen LogP contribution in [-0.2, 0) is 0 Å². The van der Waals surface area contributed by atoms with Crippen LogP contribution in [0.3, 0.4) is 0 Å². The van der Waals surface area contributed by atoms with Gasteiger partial charge in [0.15, 0.2) is 0 Å². The van der Waals surface area contributed by atoms with Crippen molar-refractivity contribution in [2.75, 3.05) is 0 Å². The van der Waals surface area contributed by atoms with Crippen LogP contribution in [0.4, 0.5) is 0 Å². The fourth-order valence-corrected chi connectivity index (χ4v) is 2.33. The van der Waals surface area contributed by atoms with Crippen molar-refractivity contribution in [3.63, 3.8) is 0 Å². The number of benzene rings is 2. The molecular formula is C17H18N4. The van der Waals surface area contributed by atoms with Crippen LogP contribution < -0.4 is 5.73 Å². The summed E-state index contributed by atoms with van der Waals surface area (Å²) in [6, 6.07) is 18.4. The lowest BCUT2D eigenvalue weighted by atomic mass is 10.0. The molecule has 0 saturated heterocycles. The molecule has 0 radical (unpaired) electrons. The van der Waals surface area contributed by atoms with E-state index in [1.807, 2.05) is 35.0 Å². The second-order valence-electron chi connectivity index (χ2n) is 5.00. The molecule has 0 spiro atoms.